The first-order valence-electron chi connectivity index (χ1n) is 6.99. The molecule has 3 N–H and O–H groups in total. The number of nitrogens with one attached hydrogen (secondary N) is 1. The maximum absolute atomic E-state index is 5.72. The Morgan fingerprint density at radius 2 is 1.84 bits per heavy atom. The van der Waals surface area contributed by atoms with E-state index in [2.05, 4.69) is 69.2 Å². The zero-order valence-corrected chi connectivity index (χ0v) is 12.5. The summed E-state index contributed by atoms with van der Waals surface area (Å²) in [6.45, 7) is 8.57. The van der Waals surface area contributed by atoms with E-state index in [1.54, 1.807) is 0 Å². The standard InChI is InChI=1S/C17H26N2/c1-5-15(14-10-7-6-8-11-14)16(19-18)12-9-13-17(2,3)4/h6-8,10-11,15-16,19H,5,12,18H2,1-4H3. The normalized spacial score (nSPS) is 14.4. The van der Waals surface area contributed by atoms with E-state index in [1.165, 1.54) is 5.56 Å². The molecule has 104 valence electrons. The van der Waals surface area contributed by atoms with Crippen molar-refractivity contribution in [3.63, 3.8) is 0 Å². The van der Waals surface area contributed by atoms with Crippen molar-refractivity contribution < 1.29 is 0 Å². The molecule has 0 aliphatic rings. The molecule has 0 saturated heterocycles. The molecule has 0 fully saturated rings. The van der Waals surface area contributed by atoms with Gasteiger partial charge in [0.05, 0.1) is 0 Å². The van der Waals surface area contributed by atoms with Crippen LogP contribution in [0.5, 0.6) is 0 Å². The van der Waals surface area contributed by atoms with Crippen LogP contribution >= 0.6 is 0 Å². The summed E-state index contributed by atoms with van der Waals surface area (Å²) in [7, 11) is 0. The summed E-state index contributed by atoms with van der Waals surface area (Å²) in [5.41, 5.74) is 4.31. The Hall–Kier alpha value is -1.30. The minimum Gasteiger partial charge on any atom is -0.271 e. The van der Waals surface area contributed by atoms with Crippen LogP contribution in [0.4, 0.5) is 0 Å². The Morgan fingerprint density at radius 1 is 1.21 bits per heavy atom. The highest BCUT2D eigenvalue weighted by Crippen LogP contribution is 2.24. The summed E-state index contributed by atoms with van der Waals surface area (Å²) < 4.78 is 0. The number of rotatable bonds is 5. The Bertz CT molecular complexity index is 420. The number of hydrogen-bond donors (Lipinski definition) is 2. The van der Waals surface area contributed by atoms with Gasteiger partial charge in [-0.3, -0.25) is 11.3 Å². The van der Waals surface area contributed by atoms with Gasteiger partial charge in [-0.05, 0) is 32.8 Å². The van der Waals surface area contributed by atoms with E-state index in [0.717, 1.165) is 12.8 Å². The van der Waals surface area contributed by atoms with Crippen molar-refractivity contribution in [3.8, 4) is 11.8 Å². The van der Waals surface area contributed by atoms with E-state index in [0.29, 0.717) is 5.92 Å². The lowest BCUT2D eigenvalue weighted by atomic mass is 9.87. The molecule has 2 nitrogen and oxygen atoms in total. The second-order valence-corrected chi connectivity index (χ2v) is 5.95. The van der Waals surface area contributed by atoms with Crippen LogP contribution in [0.3, 0.4) is 0 Å². The zero-order valence-electron chi connectivity index (χ0n) is 12.5. The maximum Gasteiger partial charge on any atom is 0.0388 e. The van der Waals surface area contributed by atoms with Crippen LogP contribution in [0.2, 0.25) is 0 Å². The van der Waals surface area contributed by atoms with Gasteiger partial charge in [0, 0.05) is 23.8 Å². The predicted molar refractivity (Wildman–Crippen MR) is 82.4 cm³/mol. The topological polar surface area (TPSA) is 38.0 Å². The largest absolute Gasteiger partial charge is 0.271 e. The molecule has 0 heterocycles. The molecule has 1 aromatic rings. The molecular weight excluding hydrogens is 232 g/mol. The first-order valence-corrected chi connectivity index (χ1v) is 6.99. The van der Waals surface area contributed by atoms with Crippen molar-refractivity contribution in [3.05, 3.63) is 35.9 Å². The molecule has 1 aromatic carbocycles. The third-order valence-corrected chi connectivity index (χ3v) is 3.15. The van der Waals surface area contributed by atoms with Gasteiger partial charge in [-0.15, -0.1) is 5.92 Å². The van der Waals surface area contributed by atoms with Gasteiger partial charge >= 0.3 is 0 Å². The van der Waals surface area contributed by atoms with Crippen molar-refractivity contribution in [2.75, 3.05) is 0 Å². The van der Waals surface area contributed by atoms with Crippen LogP contribution in [0, 0.1) is 17.3 Å². The average Bonchev–Trinajstić information content (AvgIpc) is 2.37. The quantitative estimate of drug-likeness (QED) is 0.482. The Labute approximate surface area is 117 Å². The van der Waals surface area contributed by atoms with Gasteiger partial charge in [0.2, 0.25) is 0 Å². The smallest absolute Gasteiger partial charge is 0.0388 e. The molecule has 0 aliphatic carbocycles. The molecule has 2 unspecified atom stereocenters. The van der Waals surface area contributed by atoms with Crippen LogP contribution in [-0.2, 0) is 0 Å². The highest BCUT2D eigenvalue weighted by atomic mass is 15.2. The highest BCUT2D eigenvalue weighted by Gasteiger charge is 2.19. The molecule has 2 atom stereocenters. The molecular formula is C17H26N2. The third kappa shape index (κ3) is 5.46. The second-order valence-electron chi connectivity index (χ2n) is 5.95. The fourth-order valence-electron chi connectivity index (χ4n) is 2.20. The number of hydrogen-bond acceptors (Lipinski definition) is 2. The summed E-state index contributed by atoms with van der Waals surface area (Å²) in [6, 6.07) is 10.7. The minimum atomic E-state index is 0.0492. The van der Waals surface area contributed by atoms with Crippen molar-refractivity contribution in [1.82, 2.24) is 5.43 Å². The Morgan fingerprint density at radius 3 is 2.32 bits per heavy atom. The van der Waals surface area contributed by atoms with E-state index in [-0.39, 0.29) is 11.5 Å². The van der Waals surface area contributed by atoms with Gasteiger partial charge < -0.3 is 0 Å². The summed E-state index contributed by atoms with van der Waals surface area (Å²) in [5, 5.41) is 0. The summed E-state index contributed by atoms with van der Waals surface area (Å²) in [6.07, 6.45) is 1.83. The van der Waals surface area contributed by atoms with E-state index in [4.69, 9.17) is 5.84 Å². The predicted octanol–water partition coefficient (Wildman–Crippen LogP) is 3.45. The van der Waals surface area contributed by atoms with Gasteiger partial charge in [0.25, 0.3) is 0 Å². The van der Waals surface area contributed by atoms with Crippen LogP contribution in [-0.4, -0.2) is 6.04 Å². The first-order chi connectivity index (χ1) is 8.98. The summed E-state index contributed by atoms with van der Waals surface area (Å²) in [4.78, 5) is 0. The van der Waals surface area contributed by atoms with Crippen LogP contribution in [0.15, 0.2) is 30.3 Å². The van der Waals surface area contributed by atoms with Gasteiger partial charge in [0.1, 0.15) is 0 Å². The fourth-order valence-corrected chi connectivity index (χ4v) is 2.20. The minimum absolute atomic E-state index is 0.0492. The van der Waals surface area contributed by atoms with Crippen LogP contribution < -0.4 is 11.3 Å². The van der Waals surface area contributed by atoms with Crippen LogP contribution in [0.1, 0.15) is 52.0 Å². The molecule has 0 radical (unpaired) electrons. The van der Waals surface area contributed by atoms with Crippen LogP contribution in [0.25, 0.3) is 0 Å². The SMILES string of the molecule is CCC(c1ccccc1)C(CC#CC(C)(C)C)NN. The molecule has 19 heavy (non-hydrogen) atoms. The molecule has 2 heteroatoms. The lowest BCUT2D eigenvalue weighted by molar-refractivity contribution is 0.436. The maximum atomic E-state index is 5.72. The summed E-state index contributed by atoms with van der Waals surface area (Å²) >= 11 is 0. The number of nitrogens with two attached hydrogens (primary N) is 1. The second kappa shape index (κ2) is 7.33. The highest BCUT2D eigenvalue weighted by molar-refractivity contribution is 5.22. The van der Waals surface area contributed by atoms with Gasteiger partial charge in [-0.2, -0.15) is 0 Å². The van der Waals surface area contributed by atoms with Gasteiger partial charge in [-0.1, -0.05) is 43.2 Å². The molecule has 0 saturated carbocycles. The van der Waals surface area contributed by atoms with Crippen molar-refractivity contribution >= 4 is 0 Å². The molecule has 0 amide bonds. The Balaban J connectivity index is 2.79. The van der Waals surface area contributed by atoms with Gasteiger partial charge in [-0.25, -0.2) is 0 Å². The van der Waals surface area contributed by atoms with E-state index >= 15 is 0 Å². The zero-order chi connectivity index (χ0) is 14.3. The summed E-state index contributed by atoms with van der Waals surface area (Å²) in [5.74, 6) is 12.7. The van der Waals surface area contributed by atoms with E-state index in [9.17, 15) is 0 Å². The molecule has 1 rings (SSSR count). The first kappa shape index (κ1) is 15.8. The number of hydrazine groups is 1. The third-order valence-electron chi connectivity index (χ3n) is 3.15. The molecule has 0 aromatic heterocycles. The fraction of sp³-hybridized carbons (Fsp3) is 0.529. The lowest BCUT2D eigenvalue weighted by Crippen LogP contribution is -2.39. The van der Waals surface area contributed by atoms with Gasteiger partial charge in [0.15, 0.2) is 0 Å². The molecule has 0 bridgehead atoms. The monoisotopic (exact) mass is 258 g/mol. The lowest BCUT2D eigenvalue weighted by Gasteiger charge is -2.24. The van der Waals surface area contributed by atoms with Crippen molar-refractivity contribution in [1.29, 1.82) is 0 Å². The number of benzene rings is 1. The average molecular weight is 258 g/mol. The molecule has 0 aliphatic heterocycles. The Kier molecular flexibility index (Phi) is 6.08. The van der Waals surface area contributed by atoms with Crippen molar-refractivity contribution in [2.24, 2.45) is 11.3 Å². The van der Waals surface area contributed by atoms with E-state index in [1.807, 2.05) is 6.07 Å². The molecule has 0 spiro atoms. The van der Waals surface area contributed by atoms with Crippen molar-refractivity contribution in [2.45, 2.75) is 52.5 Å². The van der Waals surface area contributed by atoms with E-state index < -0.39 is 0 Å².